The average Bonchev–Trinajstić information content (AvgIpc) is 2.45. The van der Waals surface area contributed by atoms with E-state index in [1.807, 2.05) is 6.92 Å². The molecule has 116 valence electrons. The zero-order valence-electron chi connectivity index (χ0n) is 12.6. The van der Waals surface area contributed by atoms with Gasteiger partial charge in [0, 0.05) is 18.1 Å². The molecule has 0 bridgehead atoms. The third-order valence-electron chi connectivity index (χ3n) is 4.02. The van der Waals surface area contributed by atoms with Crippen LogP contribution in [0.15, 0.2) is 6.33 Å². The summed E-state index contributed by atoms with van der Waals surface area (Å²) in [6, 6.07) is 0.0485. The minimum Gasteiger partial charge on any atom is -0.476 e. The highest BCUT2D eigenvalue weighted by molar-refractivity contribution is 5.61. The molecule has 1 aliphatic carbocycles. The Morgan fingerprint density at radius 2 is 2.24 bits per heavy atom. The van der Waals surface area contributed by atoms with E-state index in [2.05, 4.69) is 29.1 Å². The number of methoxy groups -OCH3 is 1. The second-order valence-electron chi connectivity index (χ2n) is 5.54. The smallest absolute Gasteiger partial charge is 0.372 e. The maximum Gasteiger partial charge on any atom is 0.372 e. The molecule has 1 aliphatic rings. The first kappa shape index (κ1) is 15.4. The van der Waals surface area contributed by atoms with Gasteiger partial charge in [-0.15, -0.1) is 0 Å². The van der Waals surface area contributed by atoms with Gasteiger partial charge in [-0.2, -0.15) is 4.98 Å². The maximum atomic E-state index is 11.2. The Morgan fingerprint density at radius 3 is 2.76 bits per heavy atom. The molecule has 1 aromatic heterocycles. The molecule has 2 rings (SSSR count). The molecule has 8 heteroatoms. The van der Waals surface area contributed by atoms with Crippen LogP contribution in [0.3, 0.4) is 0 Å². The monoisotopic (exact) mass is 296 g/mol. The van der Waals surface area contributed by atoms with E-state index < -0.39 is 4.92 Å². The van der Waals surface area contributed by atoms with Crippen molar-refractivity contribution in [1.82, 2.24) is 9.97 Å². The Morgan fingerprint density at radius 1 is 1.52 bits per heavy atom. The fraction of sp³-hybridized carbons (Fsp3) is 0.692. The van der Waals surface area contributed by atoms with Crippen molar-refractivity contribution >= 4 is 11.5 Å². The van der Waals surface area contributed by atoms with Crippen LogP contribution in [0.2, 0.25) is 0 Å². The van der Waals surface area contributed by atoms with Crippen LogP contribution in [0.4, 0.5) is 11.5 Å². The van der Waals surface area contributed by atoms with Crippen LogP contribution in [0, 0.1) is 15.5 Å². The lowest BCUT2D eigenvalue weighted by Gasteiger charge is -2.51. The third kappa shape index (κ3) is 2.76. The molecule has 0 radical (unpaired) electrons. The lowest BCUT2D eigenvalue weighted by Crippen LogP contribution is -2.58. The first-order valence-electron chi connectivity index (χ1n) is 6.83. The summed E-state index contributed by atoms with van der Waals surface area (Å²) in [5, 5.41) is 14.3. The highest BCUT2D eigenvalue weighted by Gasteiger charge is 2.49. The van der Waals surface area contributed by atoms with Crippen molar-refractivity contribution < 1.29 is 14.4 Å². The molecule has 0 aliphatic heterocycles. The molecule has 1 aromatic rings. The number of ether oxygens (including phenoxy) is 2. The van der Waals surface area contributed by atoms with Gasteiger partial charge < -0.3 is 14.8 Å². The summed E-state index contributed by atoms with van der Waals surface area (Å²) in [5.74, 6) is 0.135. The molecule has 1 N–H and O–H groups in total. The van der Waals surface area contributed by atoms with E-state index >= 15 is 0 Å². The number of hydrogen-bond donors (Lipinski definition) is 1. The van der Waals surface area contributed by atoms with Crippen molar-refractivity contribution in [3.8, 4) is 5.88 Å². The summed E-state index contributed by atoms with van der Waals surface area (Å²) in [6.07, 6.45) is 2.17. The molecular weight excluding hydrogens is 276 g/mol. The molecule has 0 saturated heterocycles. The van der Waals surface area contributed by atoms with E-state index in [1.54, 1.807) is 0 Å². The van der Waals surface area contributed by atoms with Crippen molar-refractivity contribution in [2.24, 2.45) is 5.41 Å². The van der Waals surface area contributed by atoms with Gasteiger partial charge >= 0.3 is 5.69 Å². The van der Waals surface area contributed by atoms with E-state index in [1.165, 1.54) is 13.4 Å². The summed E-state index contributed by atoms with van der Waals surface area (Å²) < 4.78 is 10.6. The Balaban J connectivity index is 2.20. The van der Waals surface area contributed by atoms with Crippen LogP contribution < -0.4 is 10.1 Å². The normalized spacial score (nSPS) is 23.2. The summed E-state index contributed by atoms with van der Waals surface area (Å²) in [5.41, 5.74) is -0.363. The Labute approximate surface area is 123 Å². The average molecular weight is 296 g/mol. The second-order valence-corrected chi connectivity index (χ2v) is 5.54. The van der Waals surface area contributed by atoms with Crippen LogP contribution in [-0.2, 0) is 4.74 Å². The predicted molar refractivity (Wildman–Crippen MR) is 76.5 cm³/mol. The van der Waals surface area contributed by atoms with E-state index in [9.17, 15) is 10.1 Å². The fourth-order valence-electron chi connectivity index (χ4n) is 2.56. The number of nitrogens with zero attached hydrogens (tertiary/aromatic N) is 3. The molecule has 2 atom stereocenters. The van der Waals surface area contributed by atoms with Gasteiger partial charge in [0.05, 0.1) is 18.1 Å². The van der Waals surface area contributed by atoms with Gasteiger partial charge in [0.15, 0.2) is 0 Å². The van der Waals surface area contributed by atoms with Crippen molar-refractivity contribution in [3.05, 3.63) is 16.4 Å². The minimum absolute atomic E-state index is 0.0454. The maximum absolute atomic E-state index is 11.2. The molecule has 1 fully saturated rings. The topological polar surface area (TPSA) is 99.4 Å². The molecule has 1 saturated carbocycles. The molecular formula is C13H20N4O4. The van der Waals surface area contributed by atoms with Gasteiger partial charge in [-0.1, -0.05) is 13.8 Å². The molecule has 0 aromatic carbocycles. The second kappa shape index (κ2) is 5.80. The summed E-state index contributed by atoms with van der Waals surface area (Å²) in [4.78, 5) is 18.4. The van der Waals surface area contributed by atoms with Crippen molar-refractivity contribution in [3.63, 3.8) is 0 Å². The lowest BCUT2D eigenvalue weighted by molar-refractivity contribution is -0.385. The van der Waals surface area contributed by atoms with Gasteiger partial charge in [0.25, 0.3) is 5.88 Å². The summed E-state index contributed by atoms with van der Waals surface area (Å²) in [6.45, 7) is 6.75. The standard InChI is InChI=1S/C13H20N4O4/c1-5-21-9-6-8(13(9,2)3)16-11-10(17(18)19)12(20-4)15-7-14-11/h7-9H,5-6H2,1-4H3,(H,14,15,16). The number of hydrogen-bond acceptors (Lipinski definition) is 7. The highest BCUT2D eigenvalue weighted by atomic mass is 16.6. The van der Waals surface area contributed by atoms with Crippen molar-refractivity contribution in [1.29, 1.82) is 0 Å². The van der Waals surface area contributed by atoms with E-state index in [-0.39, 0.29) is 34.9 Å². The highest BCUT2D eigenvalue weighted by Crippen LogP contribution is 2.45. The van der Waals surface area contributed by atoms with Crippen LogP contribution in [0.1, 0.15) is 27.2 Å². The number of nitrogens with one attached hydrogen (secondary N) is 1. The number of aromatic nitrogens is 2. The first-order chi connectivity index (χ1) is 9.91. The summed E-state index contributed by atoms with van der Waals surface area (Å²) in [7, 11) is 1.34. The van der Waals surface area contributed by atoms with Crippen LogP contribution in [-0.4, -0.2) is 40.8 Å². The van der Waals surface area contributed by atoms with Gasteiger partial charge in [-0.05, 0) is 13.3 Å². The zero-order valence-corrected chi connectivity index (χ0v) is 12.6. The van der Waals surface area contributed by atoms with Gasteiger partial charge in [0.1, 0.15) is 6.33 Å². The molecule has 0 spiro atoms. The largest absolute Gasteiger partial charge is 0.476 e. The van der Waals surface area contributed by atoms with E-state index in [4.69, 9.17) is 9.47 Å². The van der Waals surface area contributed by atoms with Gasteiger partial charge in [-0.25, -0.2) is 4.98 Å². The molecule has 0 amide bonds. The Hall–Kier alpha value is -1.96. The zero-order chi connectivity index (χ0) is 15.6. The first-order valence-corrected chi connectivity index (χ1v) is 6.83. The molecule has 8 nitrogen and oxygen atoms in total. The van der Waals surface area contributed by atoms with Gasteiger partial charge in [-0.3, -0.25) is 10.1 Å². The van der Waals surface area contributed by atoms with Crippen molar-refractivity contribution in [2.75, 3.05) is 19.0 Å². The van der Waals surface area contributed by atoms with Gasteiger partial charge in [0.2, 0.25) is 5.82 Å². The predicted octanol–water partition coefficient (Wildman–Crippen LogP) is 2.01. The molecule has 1 heterocycles. The third-order valence-corrected chi connectivity index (χ3v) is 4.02. The SMILES string of the molecule is CCOC1CC(Nc2ncnc(OC)c2[N+](=O)[O-])C1(C)C. The fourth-order valence-corrected chi connectivity index (χ4v) is 2.56. The van der Waals surface area contributed by atoms with Crippen molar-refractivity contribution in [2.45, 2.75) is 39.3 Å². The quantitative estimate of drug-likeness (QED) is 0.633. The minimum atomic E-state index is -0.535. The molecule has 21 heavy (non-hydrogen) atoms. The number of rotatable bonds is 6. The van der Waals surface area contributed by atoms with Crippen LogP contribution in [0.25, 0.3) is 0 Å². The number of nitro groups is 1. The van der Waals surface area contributed by atoms with E-state index in [0.29, 0.717) is 6.61 Å². The number of anilines is 1. The Kier molecular flexibility index (Phi) is 4.26. The van der Waals surface area contributed by atoms with E-state index in [0.717, 1.165) is 6.42 Å². The Bertz CT molecular complexity index is 535. The lowest BCUT2D eigenvalue weighted by atomic mass is 9.64. The summed E-state index contributed by atoms with van der Waals surface area (Å²) >= 11 is 0. The van der Waals surface area contributed by atoms with Crippen LogP contribution >= 0.6 is 0 Å². The van der Waals surface area contributed by atoms with Crippen LogP contribution in [0.5, 0.6) is 5.88 Å². The molecule has 2 unspecified atom stereocenters.